The molecule has 1 saturated heterocycles. The quantitative estimate of drug-likeness (QED) is 0.830. The van der Waals surface area contributed by atoms with Gasteiger partial charge in [-0.25, -0.2) is 0 Å². The zero-order valence-electron chi connectivity index (χ0n) is 14.1. The lowest BCUT2D eigenvalue weighted by Crippen LogP contribution is -2.37. The Kier molecular flexibility index (Phi) is 5.76. The molecule has 0 saturated carbocycles. The van der Waals surface area contributed by atoms with E-state index in [2.05, 4.69) is 10.1 Å². The summed E-state index contributed by atoms with van der Waals surface area (Å²) in [5, 5.41) is 3.25. The normalized spacial score (nSPS) is 14.7. The number of nitrogens with zero attached hydrogens (tertiary/aromatic N) is 1. The summed E-state index contributed by atoms with van der Waals surface area (Å²) in [4.78, 5) is 14.5. The number of nitrogens with one attached hydrogen (secondary N) is 1. The Hall–Kier alpha value is -2.45. The minimum Gasteiger partial charge on any atom is -0.406 e. The number of hydrogen-bond acceptors (Lipinski definition) is 4. The molecule has 2 aromatic rings. The van der Waals surface area contributed by atoms with Gasteiger partial charge in [0.15, 0.2) is 0 Å². The van der Waals surface area contributed by atoms with Crippen molar-refractivity contribution < 1.29 is 27.4 Å². The molecule has 3 rings (SSSR count). The number of halogens is 4. The second-order valence-corrected chi connectivity index (χ2v) is 6.17. The van der Waals surface area contributed by atoms with Gasteiger partial charge in [-0.1, -0.05) is 17.7 Å². The number of rotatable bonds is 4. The van der Waals surface area contributed by atoms with Crippen molar-refractivity contribution in [1.82, 2.24) is 0 Å². The van der Waals surface area contributed by atoms with Gasteiger partial charge in [-0.15, -0.1) is 13.2 Å². The van der Waals surface area contributed by atoms with E-state index in [0.717, 1.165) is 12.1 Å². The van der Waals surface area contributed by atoms with E-state index in [-0.39, 0.29) is 5.56 Å². The van der Waals surface area contributed by atoms with Gasteiger partial charge < -0.3 is 19.7 Å². The lowest BCUT2D eigenvalue weighted by molar-refractivity contribution is -0.274. The van der Waals surface area contributed by atoms with E-state index >= 15 is 0 Å². The van der Waals surface area contributed by atoms with E-state index in [9.17, 15) is 18.0 Å². The summed E-state index contributed by atoms with van der Waals surface area (Å²) in [7, 11) is 0. The first-order valence-corrected chi connectivity index (χ1v) is 8.50. The van der Waals surface area contributed by atoms with E-state index in [1.165, 1.54) is 12.1 Å². The van der Waals surface area contributed by atoms with Crippen LogP contribution in [0.2, 0.25) is 5.02 Å². The number of ether oxygens (including phenoxy) is 2. The number of alkyl halides is 3. The molecule has 0 spiro atoms. The number of anilines is 2. The van der Waals surface area contributed by atoms with Crippen LogP contribution in [0.3, 0.4) is 0 Å². The topological polar surface area (TPSA) is 50.8 Å². The van der Waals surface area contributed by atoms with Gasteiger partial charge in [-0.05, 0) is 36.4 Å². The Morgan fingerprint density at radius 3 is 2.41 bits per heavy atom. The second-order valence-electron chi connectivity index (χ2n) is 5.76. The van der Waals surface area contributed by atoms with E-state index < -0.39 is 18.0 Å². The van der Waals surface area contributed by atoms with Crippen LogP contribution in [-0.2, 0) is 4.74 Å². The van der Waals surface area contributed by atoms with Crippen molar-refractivity contribution in [3.63, 3.8) is 0 Å². The van der Waals surface area contributed by atoms with Gasteiger partial charge in [0.1, 0.15) is 5.75 Å². The largest absolute Gasteiger partial charge is 0.573 e. The fourth-order valence-electron chi connectivity index (χ4n) is 2.73. The molecule has 1 heterocycles. The maximum atomic E-state index is 12.5. The average Bonchev–Trinajstić information content (AvgIpc) is 2.62. The first kappa shape index (κ1) is 19.3. The number of carbonyl (C=O) groups is 1. The van der Waals surface area contributed by atoms with Crippen molar-refractivity contribution in [3.8, 4) is 5.75 Å². The van der Waals surface area contributed by atoms with Gasteiger partial charge in [0, 0.05) is 18.7 Å². The van der Waals surface area contributed by atoms with E-state index in [1.807, 2.05) is 4.90 Å². The third-order valence-corrected chi connectivity index (χ3v) is 4.22. The number of carbonyl (C=O) groups excluding carboxylic acids is 1. The number of benzene rings is 2. The fraction of sp³-hybridized carbons (Fsp3) is 0.278. The molecule has 1 aliphatic heterocycles. The Bertz CT molecular complexity index is 806. The molecule has 5 nitrogen and oxygen atoms in total. The Morgan fingerprint density at radius 2 is 1.78 bits per heavy atom. The predicted octanol–water partition coefficient (Wildman–Crippen LogP) is 4.33. The maximum absolute atomic E-state index is 12.5. The molecule has 144 valence electrons. The molecular formula is C18H16ClF3N2O3. The van der Waals surface area contributed by atoms with E-state index in [0.29, 0.717) is 42.7 Å². The van der Waals surface area contributed by atoms with Crippen molar-refractivity contribution in [1.29, 1.82) is 0 Å². The highest BCUT2D eigenvalue weighted by atomic mass is 35.5. The molecule has 0 aromatic heterocycles. The molecule has 0 aliphatic carbocycles. The number of para-hydroxylation sites is 1. The molecule has 9 heteroatoms. The third-order valence-electron chi connectivity index (χ3n) is 3.91. The smallest absolute Gasteiger partial charge is 0.406 e. The van der Waals surface area contributed by atoms with Gasteiger partial charge in [0.05, 0.1) is 29.6 Å². The standard InChI is InChI=1S/C18H16ClF3N2O3/c19-14-2-1-3-15(16(14)24-8-10-26-11-9-24)23-17(25)12-4-6-13(7-5-12)27-18(20,21)22/h1-7H,8-11H2,(H,23,25). The average molecular weight is 401 g/mol. The molecule has 27 heavy (non-hydrogen) atoms. The van der Waals surface area contributed by atoms with Crippen LogP contribution in [0, 0.1) is 0 Å². The van der Waals surface area contributed by atoms with Gasteiger partial charge in [-0.2, -0.15) is 0 Å². The lowest BCUT2D eigenvalue weighted by atomic mass is 10.1. The lowest BCUT2D eigenvalue weighted by Gasteiger charge is -2.31. The van der Waals surface area contributed by atoms with Crippen molar-refractivity contribution in [3.05, 3.63) is 53.1 Å². The molecular weight excluding hydrogens is 385 g/mol. The van der Waals surface area contributed by atoms with Gasteiger partial charge >= 0.3 is 6.36 Å². The molecule has 1 fully saturated rings. The van der Waals surface area contributed by atoms with E-state index in [1.54, 1.807) is 18.2 Å². The molecule has 0 unspecified atom stereocenters. The molecule has 2 aromatic carbocycles. The summed E-state index contributed by atoms with van der Waals surface area (Å²) in [6.07, 6.45) is -4.78. The summed E-state index contributed by atoms with van der Waals surface area (Å²) >= 11 is 6.32. The SMILES string of the molecule is O=C(Nc1cccc(Cl)c1N1CCOCC1)c1ccc(OC(F)(F)F)cc1. The summed E-state index contributed by atoms with van der Waals surface area (Å²) in [5.74, 6) is -0.860. The Morgan fingerprint density at radius 1 is 1.11 bits per heavy atom. The van der Waals surface area contributed by atoms with Crippen molar-refractivity contribution >= 4 is 28.9 Å². The minimum atomic E-state index is -4.78. The van der Waals surface area contributed by atoms with Crippen molar-refractivity contribution in [2.24, 2.45) is 0 Å². The molecule has 1 N–H and O–H groups in total. The van der Waals surface area contributed by atoms with Gasteiger partial charge in [0.25, 0.3) is 5.91 Å². The first-order chi connectivity index (χ1) is 12.8. The summed E-state index contributed by atoms with van der Waals surface area (Å²) in [5.41, 5.74) is 1.40. The zero-order chi connectivity index (χ0) is 19.4. The summed E-state index contributed by atoms with van der Waals surface area (Å²) < 4.78 is 45.8. The van der Waals surface area contributed by atoms with Crippen LogP contribution in [0.15, 0.2) is 42.5 Å². The van der Waals surface area contributed by atoms with Crippen LogP contribution in [-0.4, -0.2) is 38.6 Å². The summed E-state index contributed by atoms with van der Waals surface area (Å²) in [6.45, 7) is 2.38. The van der Waals surface area contributed by atoms with Crippen LogP contribution in [0.1, 0.15) is 10.4 Å². The van der Waals surface area contributed by atoms with E-state index in [4.69, 9.17) is 16.3 Å². The predicted molar refractivity (Wildman–Crippen MR) is 95.6 cm³/mol. The molecule has 1 aliphatic rings. The molecule has 0 radical (unpaired) electrons. The second kappa shape index (κ2) is 8.06. The van der Waals surface area contributed by atoms with Crippen LogP contribution < -0.4 is 15.0 Å². The number of hydrogen-bond donors (Lipinski definition) is 1. The van der Waals surface area contributed by atoms with Crippen molar-refractivity contribution in [2.75, 3.05) is 36.5 Å². The zero-order valence-corrected chi connectivity index (χ0v) is 14.8. The van der Waals surface area contributed by atoms with Crippen LogP contribution in [0.5, 0.6) is 5.75 Å². The van der Waals surface area contributed by atoms with Crippen LogP contribution in [0.25, 0.3) is 0 Å². The number of amides is 1. The fourth-order valence-corrected chi connectivity index (χ4v) is 3.02. The van der Waals surface area contributed by atoms with Crippen LogP contribution in [0.4, 0.5) is 24.5 Å². The maximum Gasteiger partial charge on any atom is 0.573 e. The van der Waals surface area contributed by atoms with Gasteiger partial charge in [-0.3, -0.25) is 4.79 Å². The van der Waals surface area contributed by atoms with Crippen molar-refractivity contribution in [2.45, 2.75) is 6.36 Å². The van der Waals surface area contributed by atoms with Crippen LogP contribution >= 0.6 is 11.6 Å². The molecule has 0 atom stereocenters. The summed E-state index contributed by atoms with van der Waals surface area (Å²) in [6, 6.07) is 9.85. The number of morpholine rings is 1. The monoisotopic (exact) mass is 400 g/mol. The minimum absolute atomic E-state index is 0.192. The Labute approximate surface area is 158 Å². The first-order valence-electron chi connectivity index (χ1n) is 8.12. The molecule has 0 bridgehead atoms. The van der Waals surface area contributed by atoms with Gasteiger partial charge in [0.2, 0.25) is 0 Å². The highest BCUT2D eigenvalue weighted by molar-refractivity contribution is 6.34. The highest BCUT2D eigenvalue weighted by Gasteiger charge is 2.31. The molecule has 1 amide bonds. The highest BCUT2D eigenvalue weighted by Crippen LogP contribution is 2.34. The third kappa shape index (κ3) is 5.05. The Balaban J connectivity index is 1.77.